The van der Waals surface area contributed by atoms with Crippen molar-refractivity contribution in [3.8, 4) is 0 Å². The molecule has 2 rings (SSSR count). The zero-order chi connectivity index (χ0) is 16.3. The molecule has 1 aromatic heterocycles. The third-order valence-corrected chi connectivity index (χ3v) is 2.83. The maximum absolute atomic E-state index is 12.6. The van der Waals surface area contributed by atoms with Crippen LogP contribution in [-0.2, 0) is 12.7 Å². The van der Waals surface area contributed by atoms with Crippen LogP contribution in [0.1, 0.15) is 11.1 Å². The maximum Gasteiger partial charge on any atom is 0.416 e. The summed E-state index contributed by atoms with van der Waals surface area (Å²) in [6.45, 7) is 0.0776. The van der Waals surface area contributed by atoms with Crippen molar-refractivity contribution >= 4 is 17.3 Å². The summed E-state index contributed by atoms with van der Waals surface area (Å²) in [6.07, 6.45) is -4.41. The minimum absolute atomic E-state index is 0.0776. The maximum atomic E-state index is 12.6. The van der Waals surface area contributed by atoms with Crippen LogP contribution in [0.15, 0.2) is 36.4 Å². The lowest BCUT2D eigenvalue weighted by Gasteiger charge is -2.10. The number of nitrogens with one attached hydrogen (secondary N) is 1. The lowest BCUT2D eigenvalue weighted by molar-refractivity contribution is -0.384. The Morgan fingerprint density at radius 2 is 2.00 bits per heavy atom. The highest BCUT2D eigenvalue weighted by Gasteiger charge is 2.30. The standard InChI is InChI=1S/C13H11F3N4O2/c14-13(15,16)9-3-1-2-8(6-9)7-18-11-5-4-10(20(21)22)12(17)19-11/h1-6H,7H2,(H3,17,18,19). The highest BCUT2D eigenvalue weighted by Crippen LogP contribution is 2.29. The average molecular weight is 312 g/mol. The van der Waals surface area contributed by atoms with E-state index in [2.05, 4.69) is 10.3 Å². The van der Waals surface area contributed by atoms with E-state index < -0.39 is 16.7 Å². The number of hydrogen-bond acceptors (Lipinski definition) is 5. The number of halogens is 3. The number of nitro groups is 1. The molecule has 22 heavy (non-hydrogen) atoms. The predicted molar refractivity (Wildman–Crippen MR) is 74.1 cm³/mol. The van der Waals surface area contributed by atoms with E-state index in [1.165, 1.54) is 24.3 Å². The topological polar surface area (TPSA) is 94.1 Å². The van der Waals surface area contributed by atoms with Crippen molar-refractivity contribution in [2.75, 3.05) is 11.1 Å². The molecule has 0 spiro atoms. The molecule has 0 bridgehead atoms. The number of alkyl halides is 3. The monoisotopic (exact) mass is 312 g/mol. The van der Waals surface area contributed by atoms with Gasteiger partial charge in [-0.25, -0.2) is 4.98 Å². The van der Waals surface area contributed by atoms with Crippen molar-refractivity contribution in [2.24, 2.45) is 0 Å². The Hall–Kier alpha value is -2.84. The van der Waals surface area contributed by atoms with Crippen molar-refractivity contribution in [3.63, 3.8) is 0 Å². The van der Waals surface area contributed by atoms with E-state index in [0.717, 1.165) is 12.1 Å². The van der Waals surface area contributed by atoms with E-state index in [-0.39, 0.29) is 23.9 Å². The number of anilines is 2. The van der Waals surface area contributed by atoms with E-state index in [4.69, 9.17) is 5.73 Å². The van der Waals surface area contributed by atoms with Gasteiger partial charge in [-0.15, -0.1) is 0 Å². The second-order valence-corrected chi connectivity index (χ2v) is 4.41. The summed E-state index contributed by atoms with van der Waals surface area (Å²) in [5, 5.41) is 13.4. The molecule has 2 aromatic rings. The number of hydrogen-bond donors (Lipinski definition) is 2. The van der Waals surface area contributed by atoms with Crippen LogP contribution in [0.25, 0.3) is 0 Å². The summed E-state index contributed by atoms with van der Waals surface area (Å²) < 4.78 is 37.8. The Bertz CT molecular complexity index is 704. The van der Waals surface area contributed by atoms with E-state index >= 15 is 0 Å². The second-order valence-electron chi connectivity index (χ2n) is 4.41. The van der Waals surface area contributed by atoms with Gasteiger partial charge in [0.15, 0.2) is 0 Å². The number of pyridine rings is 1. The molecule has 0 unspecified atom stereocenters. The lowest BCUT2D eigenvalue weighted by atomic mass is 10.1. The van der Waals surface area contributed by atoms with Crippen molar-refractivity contribution in [1.29, 1.82) is 0 Å². The summed E-state index contributed by atoms with van der Waals surface area (Å²) >= 11 is 0. The molecule has 6 nitrogen and oxygen atoms in total. The zero-order valence-corrected chi connectivity index (χ0v) is 11.1. The molecule has 0 saturated carbocycles. The molecule has 1 heterocycles. The van der Waals surface area contributed by atoms with Gasteiger partial charge in [0, 0.05) is 12.6 Å². The Balaban J connectivity index is 2.10. The van der Waals surface area contributed by atoms with Gasteiger partial charge in [0.2, 0.25) is 5.82 Å². The van der Waals surface area contributed by atoms with Crippen molar-refractivity contribution in [3.05, 3.63) is 57.6 Å². The first kappa shape index (κ1) is 15.5. The fraction of sp³-hybridized carbons (Fsp3) is 0.154. The molecule has 0 amide bonds. The van der Waals surface area contributed by atoms with Crippen molar-refractivity contribution < 1.29 is 18.1 Å². The Morgan fingerprint density at radius 1 is 1.27 bits per heavy atom. The SMILES string of the molecule is Nc1nc(NCc2cccc(C(F)(F)F)c2)ccc1[N+](=O)[O-]. The van der Waals surface area contributed by atoms with Gasteiger partial charge in [-0.1, -0.05) is 12.1 Å². The molecule has 0 atom stereocenters. The minimum Gasteiger partial charge on any atom is -0.378 e. The highest BCUT2D eigenvalue weighted by atomic mass is 19.4. The summed E-state index contributed by atoms with van der Waals surface area (Å²) in [5.41, 5.74) is 4.75. The number of nitrogens with zero attached hydrogens (tertiary/aromatic N) is 2. The molecule has 0 aliphatic heterocycles. The Labute approximate surface area is 122 Å². The lowest BCUT2D eigenvalue weighted by Crippen LogP contribution is -2.08. The van der Waals surface area contributed by atoms with Crippen LogP contribution in [0.3, 0.4) is 0 Å². The molecule has 0 saturated heterocycles. The quantitative estimate of drug-likeness (QED) is 0.668. The van der Waals surface area contributed by atoms with E-state index in [9.17, 15) is 23.3 Å². The summed E-state index contributed by atoms with van der Waals surface area (Å²) in [6, 6.07) is 7.33. The van der Waals surface area contributed by atoms with Crippen LogP contribution < -0.4 is 11.1 Å². The Morgan fingerprint density at radius 3 is 2.59 bits per heavy atom. The van der Waals surface area contributed by atoms with Crippen LogP contribution in [-0.4, -0.2) is 9.91 Å². The minimum atomic E-state index is -4.41. The van der Waals surface area contributed by atoms with Crippen LogP contribution >= 0.6 is 0 Å². The molecule has 1 aromatic carbocycles. The van der Waals surface area contributed by atoms with Gasteiger partial charge >= 0.3 is 11.9 Å². The first-order valence-electron chi connectivity index (χ1n) is 6.08. The summed E-state index contributed by atoms with van der Waals surface area (Å²) in [5.74, 6) is -0.0282. The fourth-order valence-corrected chi connectivity index (χ4v) is 1.77. The number of rotatable bonds is 4. The molecule has 9 heteroatoms. The smallest absolute Gasteiger partial charge is 0.378 e. The predicted octanol–water partition coefficient (Wildman–Crippen LogP) is 3.20. The van der Waals surface area contributed by atoms with E-state index in [1.54, 1.807) is 0 Å². The number of aromatic nitrogens is 1. The average Bonchev–Trinajstić information content (AvgIpc) is 2.44. The van der Waals surface area contributed by atoms with Gasteiger partial charge in [0.05, 0.1) is 10.5 Å². The third kappa shape index (κ3) is 3.62. The van der Waals surface area contributed by atoms with Crippen molar-refractivity contribution in [1.82, 2.24) is 4.98 Å². The number of nitrogen functional groups attached to an aromatic ring is 1. The first-order valence-corrected chi connectivity index (χ1v) is 6.08. The fourth-order valence-electron chi connectivity index (χ4n) is 1.77. The molecule has 116 valence electrons. The number of benzene rings is 1. The van der Waals surface area contributed by atoms with Crippen LogP contribution in [0.5, 0.6) is 0 Å². The summed E-state index contributed by atoms with van der Waals surface area (Å²) in [7, 11) is 0. The van der Waals surface area contributed by atoms with Gasteiger partial charge in [-0.3, -0.25) is 10.1 Å². The Kier molecular flexibility index (Phi) is 4.15. The first-order chi connectivity index (χ1) is 10.3. The van der Waals surface area contributed by atoms with E-state index in [1.807, 2.05) is 0 Å². The molecule has 0 radical (unpaired) electrons. The summed E-state index contributed by atoms with van der Waals surface area (Å²) in [4.78, 5) is 13.7. The van der Waals surface area contributed by atoms with E-state index in [0.29, 0.717) is 5.56 Å². The van der Waals surface area contributed by atoms with Gasteiger partial charge in [-0.2, -0.15) is 13.2 Å². The largest absolute Gasteiger partial charge is 0.416 e. The molecule has 0 aliphatic rings. The van der Waals surface area contributed by atoms with Crippen LogP contribution in [0, 0.1) is 10.1 Å². The highest BCUT2D eigenvalue weighted by molar-refractivity contribution is 5.57. The normalized spacial score (nSPS) is 11.2. The molecular formula is C13H11F3N4O2. The van der Waals surface area contributed by atoms with Gasteiger partial charge in [0.1, 0.15) is 5.82 Å². The molecule has 0 fully saturated rings. The van der Waals surface area contributed by atoms with Crippen LogP contribution in [0.4, 0.5) is 30.5 Å². The number of nitrogens with two attached hydrogens (primary N) is 1. The van der Waals surface area contributed by atoms with Crippen LogP contribution in [0.2, 0.25) is 0 Å². The molecular weight excluding hydrogens is 301 g/mol. The van der Waals surface area contributed by atoms with Gasteiger partial charge < -0.3 is 11.1 Å². The molecule has 0 aliphatic carbocycles. The van der Waals surface area contributed by atoms with Gasteiger partial charge in [0.25, 0.3) is 0 Å². The second kappa shape index (κ2) is 5.88. The zero-order valence-electron chi connectivity index (χ0n) is 11.1. The van der Waals surface area contributed by atoms with Gasteiger partial charge in [-0.05, 0) is 23.8 Å². The molecule has 3 N–H and O–H groups in total. The van der Waals surface area contributed by atoms with Crippen molar-refractivity contribution in [2.45, 2.75) is 12.7 Å². The third-order valence-electron chi connectivity index (χ3n) is 2.83.